The van der Waals surface area contributed by atoms with Crippen LogP contribution in [0, 0.1) is 0 Å². The van der Waals surface area contributed by atoms with Crippen molar-refractivity contribution in [2.24, 2.45) is 0 Å². The Morgan fingerprint density at radius 3 is 2.94 bits per heavy atom. The van der Waals surface area contributed by atoms with E-state index in [0.29, 0.717) is 12.3 Å². The molecule has 0 aromatic heterocycles. The molecular weight excluding hydrogens is 232 g/mol. The molecule has 18 heavy (non-hydrogen) atoms. The zero-order chi connectivity index (χ0) is 13.1. The molecule has 2 N–H and O–H groups in total. The number of phenols is 1. The number of phenolic OH excluding ortho intramolecular Hbond substituents is 1. The van der Waals surface area contributed by atoms with E-state index < -0.39 is 0 Å². The molecule has 0 bridgehead atoms. The number of aromatic hydroxyl groups is 1. The normalized spacial score (nSPS) is 19.3. The Balaban J connectivity index is 2.00. The van der Waals surface area contributed by atoms with Gasteiger partial charge in [0, 0.05) is 25.7 Å². The maximum absolute atomic E-state index is 11.7. The summed E-state index contributed by atoms with van der Waals surface area (Å²) in [7, 11) is 3.38. The molecule has 1 aromatic carbocycles. The average Bonchev–Trinajstić information content (AvgIpc) is 2.69. The highest BCUT2D eigenvalue weighted by molar-refractivity contribution is 5.83. The number of methoxy groups -OCH3 is 1. The van der Waals surface area contributed by atoms with Crippen molar-refractivity contribution in [2.75, 3.05) is 20.7 Å². The number of carbonyl (C=O) groups is 1. The number of likely N-dealkylation sites (tertiary alicyclic amines) is 1. The molecule has 1 unspecified atom stereocenters. The Morgan fingerprint density at radius 1 is 1.56 bits per heavy atom. The smallest absolute Gasteiger partial charge is 0.239 e. The molecule has 1 fully saturated rings. The van der Waals surface area contributed by atoms with E-state index in [1.807, 2.05) is 0 Å². The summed E-state index contributed by atoms with van der Waals surface area (Å²) in [6.45, 7) is 1.23. The number of benzene rings is 1. The SMILES string of the molecule is COc1ccc(O)c(CNC2CCN(C)C2=O)c1. The average molecular weight is 250 g/mol. The zero-order valence-electron chi connectivity index (χ0n) is 10.6. The summed E-state index contributed by atoms with van der Waals surface area (Å²) in [5.41, 5.74) is 0.733. The van der Waals surface area contributed by atoms with Gasteiger partial charge in [0.2, 0.25) is 5.91 Å². The molecular formula is C13H18N2O3. The van der Waals surface area contributed by atoms with E-state index >= 15 is 0 Å². The summed E-state index contributed by atoms with van der Waals surface area (Å²) >= 11 is 0. The van der Waals surface area contributed by atoms with Crippen LogP contribution in [0.5, 0.6) is 11.5 Å². The molecule has 0 spiro atoms. The van der Waals surface area contributed by atoms with Crippen LogP contribution in [0.4, 0.5) is 0 Å². The minimum absolute atomic E-state index is 0.109. The number of rotatable bonds is 4. The van der Waals surface area contributed by atoms with Crippen molar-refractivity contribution in [1.82, 2.24) is 10.2 Å². The third-order valence-electron chi connectivity index (χ3n) is 3.25. The van der Waals surface area contributed by atoms with Gasteiger partial charge in [0.15, 0.2) is 0 Å². The fourth-order valence-electron chi connectivity index (χ4n) is 2.08. The molecule has 0 radical (unpaired) electrons. The first-order valence-electron chi connectivity index (χ1n) is 5.96. The van der Waals surface area contributed by atoms with E-state index in [2.05, 4.69) is 5.32 Å². The van der Waals surface area contributed by atoms with Crippen LogP contribution in [0.1, 0.15) is 12.0 Å². The van der Waals surface area contributed by atoms with Gasteiger partial charge in [-0.3, -0.25) is 4.79 Å². The van der Waals surface area contributed by atoms with Gasteiger partial charge in [0.05, 0.1) is 13.2 Å². The molecule has 1 aliphatic heterocycles. The molecule has 0 saturated carbocycles. The van der Waals surface area contributed by atoms with E-state index in [1.54, 1.807) is 37.3 Å². The van der Waals surface area contributed by atoms with Gasteiger partial charge in [0.1, 0.15) is 11.5 Å². The lowest BCUT2D eigenvalue weighted by molar-refractivity contribution is -0.128. The number of likely N-dealkylation sites (N-methyl/N-ethyl adjacent to an activating group) is 1. The third kappa shape index (κ3) is 2.56. The second-order valence-electron chi connectivity index (χ2n) is 4.48. The topological polar surface area (TPSA) is 61.8 Å². The molecule has 1 amide bonds. The van der Waals surface area contributed by atoms with Crippen molar-refractivity contribution in [2.45, 2.75) is 19.0 Å². The molecule has 5 nitrogen and oxygen atoms in total. The van der Waals surface area contributed by atoms with Crippen LogP contribution in [0.15, 0.2) is 18.2 Å². The first-order valence-corrected chi connectivity index (χ1v) is 5.96. The Kier molecular flexibility index (Phi) is 3.72. The van der Waals surface area contributed by atoms with E-state index in [9.17, 15) is 9.90 Å². The Labute approximate surface area is 106 Å². The van der Waals surface area contributed by atoms with Crippen LogP contribution >= 0.6 is 0 Å². The number of nitrogens with one attached hydrogen (secondary N) is 1. The number of amides is 1. The summed E-state index contributed by atoms with van der Waals surface area (Å²) in [6, 6.07) is 4.91. The molecule has 1 saturated heterocycles. The van der Waals surface area contributed by atoms with Gasteiger partial charge in [-0.2, -0.15) is 0 Å². The van der Waals surface area contributed by atoms with Crippen LogP contribution < -0.4 is 10.1 Å². The van der Waals surface area contributed by atoms with Gasteiger partial charge in [-0.15, -0.1) is 0 Å². The molecule has 2 rings (SSSR count). The lowest BCUT2D eigenvalue weighted by Crippen LogP contribution is -2.36. The quantitative estimate of drug-likeness (QED) is 0.826. The largest absolute Gasteiger partial charge is 0.508 e. The summed E-state index contributed by atoms with van der Waals surface area (Å²) < 4.78 is 5.11. The van der Waals surface area contributed by atoms with Crippen molar-refractivity contribution in [1.29, 1.82) is 0 Å². The van der Waals surface area contributed by atoms with E-state index in [-0.39, 0.29) is 17.7 Å². The summed E-state index contributed by atoms with van der Waals surface area (Å²) in [6.07, 6.45) is 0.806. The fourth-order valence-corrected chi connectivity index (χ4v) is 2.08. The van der Waals surface area contributed by atoms with Crippen LogP contribution in [0.3, 0.4) is 0 Å². The maximum Gasteiger partial charge on any atom is 0.239 e. The zero-order valence-corrected chi connectivity index (χ0v) is 10.6. The number of hydrogen-bond acceptors (Lipinski definition) is 4. The molecule has 1 heterocycles. The highest BCUT2D eigenvalue weighted by Gasteiger charge is 2.28. The number of hydrogen-bond donors (Lipinski definition) is 2. The van der Waals surface area contributed by atoms with E-state index in [4.69, 9.17) is 4.74 Å². The van der Waals surface area contributed by atoms with E-state index in [0.717, 1.165) is 18.5 Å². The first kappa shape index (κ1) is 12.7. The molecule has 1 atom stereocenters. The van der Waals surface area contributed by atoms with Gasteiger partial charge in [0.25, 0.3) is 0 Å². The Morgan fingerprint density at radius 2 is 2.33 bits per heavy atom. The van der Waals surface area contributed by atoms with Crippen molar-refractivity contribution >= 4 is 5.91 Å². The fraction of sp³-hybridized carbons (Fsp3) is 0.462. The summed E-state index contributed by atoms with van der Waals surface area (Å²) in [5, 5.41) is 12.9. The number of nitrogens with zero attached hydrogens (tertiary/aromatic N) is 1. The van der Waals surface area contributed by atoms with Crippen molar-refractivity contribution in [3.05, 3.63) is 23.8 Å². The second kappa shape index (κ2) is 5.27. The van der Waals surface area contributed by atoms with Gasteiger partial charge in [-0.1, -0.05) is 0 Å². The highest BCUT2D eigenvalue weighted by atomic mass is 16.5. The highest BCUT2D eigenvalue weighted by Crippen LogP contribution is 2.23. The first-order chi connectivity index (χ1) is 8.61. The summed E-state index contributed by atoms with van der Waals surface area (Å²) in [5.74, 6) is 1.01. The Bertz CT molecular complexity index is 448. The third-order valence-corrected chi connectivity index (χ3v) is 3.25. The van der Waals surface area contributed by atoms with Crippen LogP contribution in [0.2, 0.25) is 0 Å². The van der Waals surface area contributed by atoms with Crippen molar-refractivity contribution in [3.8, 4) is 11.5 Å². The molecule has 98 valence electrons. The predicted octanol–water partition coefficient (Wildman–Crippen LogP) is 0.721. The van der Waals surface area contributed by atoms with Crippen molar-refractivity contribution < 1.29 is 14.6 Å². The summed E-state index contributed by atoms with van der Waals surface area (Å²) in [4.78, 5) is 13.4. The van der Waals surface area contributed by atoms with Gasteiger partial charge in [-0.05, 0) is 24.6 Å². The van der Waals surface area contributed by atoms with Gasteiger partial charge >= 0.3 is 0 Å². The van der Waals surface area contributed by atoms with Gasteiger partial charge < -0.3 is 20.1 Å². The molecule has 0 aliphatic carbocycles. The molecule has 5 heteroatoms. The maximum atomic E-state index is 11.7. The second-order valence-corrected chi connectivity index (χ2v) is 4.48. The van der Waals surface area contributed by atoms with Gasteiger partial charge in [-0.25, -0.2) is 0 Å². The lowest BCUT2D eigenvalue weighted by Gasteiger charge is -2.13. The lowest BCUT2D eigenvalue weighted by atomic mass is 10.1. The minimum Gasteiger partial charge on any atom is -0.508 e. The molecule has 1 aromatic rings. The number of carbonyl (C=O) groups excluding carboxylic acids is 1. The minimum atomic E-state index is -0.152. The monoisotopic (exact) mass is 250 g/mol. The predicted molar refractivity (Wildman–Crippen MR) is 67.5 cm³/mol. The standard InChI is InChI=1S/C13H18N2O3/c1-15-6-5-11(13(15)17)14-8-9-7-10(18-2)3-4-12(9)16/h3-4,7,11,14,16H,5-6,8H2,1-2H3. The van der Waals surface area contributed by atoms with Crippen LogP contribution in [0.25, 0.3) is 0 Å². The van der Waals surface area contributed by atoms with E-state index in [1.165, 1.54) is 0 Å². The number of ether oxygens (including phenoxy) is 1. The van der Waals surface area contributed by atoms with Crippen LogP contribution in [-0.4, -0.2) is 42.7 Å². The Hall–Kier alpha value is -1.75. The van der Waals surface area contributed by atoms with Crippen LogP contribution in [-0.2, 0) is 11.3 Å². The van der Waals surface area contributed by atoms with Crippen molar-refractivity contribution in [3.63, 3.8) is 0 Å². The molecule has 1 aliphatic rings.